The van der Waals surface area contributed by atoms with E-state index in [1.807, 2.05) is 13.8 Å². The van der Waals surface area contributed by atoms with E-state index < -0.39 is 11.6 Å². The number of ketones is 1. The predicted molar refractivity (Wildman–Crippen MR) is 54.8 cm³/mol. The largest absolute Gasteiger partial charge is 0.294 e. The van der Waals surface area contributed by atoms with Gasteiger partial charge in [0.1, 0.15) is 0 Å². The van der Waals surface area contributed by atoms with E-state index in [2.05, 4.69) is 0 Å². The SMILES string of the molecule is CCC(CC)C(=O)c1ccc(F)c(F)c1. The first kappa shape index (κ1) is 11.8. The van der Waals surface area contributed by atoms with Crippen molar-refractivity contribution in [3.05, 3.63) is 35.4 Å². The number of carbonyl (C=O) groups excluding carboxylic acids is 1. The Morgan fingerprint density at radius 2 is 1.80 bits per heavy atom. The molecule has 0 aliphatic heterocycles. The summed E-state index contributed by atoms with van der Waals surface area (Å²) in [4.78, 5) is 11.8. The summed E-state index contributed by atoms with van der Waals surface area (Å²) in [7, 11) is 0. The fraction of sp³-hybridized carbons (Fsp3) is 0.417. The van der Waals surface area contributed by atoms with Gasteiger partial charge in [-0.05, 0) is 31.0 Å². The number of halogens is 2. The first-order valence-electron chi connectivity index (χ1n) is 5.09. The Balaban J connectivity index is 2.96. The summed E-state index contributed by atoms with van der Waals surface area (Å²) in [5, 5.41) is 0. The molecule has 1 aromatic carbocycles. The molecule has 0 aliphatic carbocycles. The Kier molecular flexibility index (Phi) is 3.95. The Morgan fingerprint density at radius 3 is 2.27 bits per heavy atom. The minimum Gasteiger partial charge on any atom is -0.294 e. The molecular formula is C12H14F2O. The number of Topliss-reactive ketones (excluding diaryl/α,β-unsaturated/α-hetero) is 1. The van der Waals surface area contributed by atoms with Crippen LogP contribution in [0.5, 0.6) is 0 Å². The molecule has 0 bridgehead atoms. The second-order valence-electron chi connectivity index (χ2n) is 3.51. The van der Waals surface area contributed by atoms with Crippen molar-refractivity contribution in [2.75, 3.05) is 0 Å². The predicted octanol–water partition coefficient (Wildman–Crippen LogP) is 3.58. The summed E-state index contributed by atoms with van der Waals surface area (Å²) < 4.78 is 25.5. The van der Waals surface area contributed by atoms with Crippen LogP contribution in [0.3, 0.4) is 0 Å². The number of carbonyl (C=O) groups is 1. The Labute approximate surface area is 88.1 Å². The first-order chi connectivity index (χ1) is 7.10. The number of hydrogen-bond donors (Lipinski definition) is 0. The van der Waals surface area contributed by atoms with Gasteiger partial charge in [-0.3, -0.25) is 4.79 Å². The highest BCUT2D eigenvalue weighted by molar-refractivity contribution is 5.97. The maximum atomic E-state index is 12.9. The molecule has 0 amide bonds. The van der Waals surface area contributed by atoms with E-state index in [-0.39, 0.29) is 17.3 Å². The fourth-order valence-corrected chi connectivity index (χ4v) is 1.54. The van der Waals surface area contributed by atoms with Gasteiger partial charge in [0.25, 0.3) is 0 Å². The fourth-order valence-electron chi connectivity index (χ4n) is 1.54. The maximum absolute atomic E-state index is 12.9. The summed E-state index contributed by atoms with van der Waals surface area (Å²) in [6.45, 7) is 3.82. The summed E-state index contributed by atoms with van der Waals surface area (Å²) in [5.41, 5.74) is 0.252. The van der Waals surface area contributed by atoms with Crippen molar-refractivity contribution in [3.63, 3.8) is 0 Å². The summed E-state index contributed by atoms with van der Waals surface area (Å²) in [6, 6.07) is 3.29. The van der Waals surface area contributed by atoms with Gasteiger partial charge in [-0.15, -0.1) is 0 Å². The average molecular weight is 212 g/mol. The minimum atomic E-state index is -0.966. The first-order valence-corrected chi connectivity index (χ1v) is 5.09. The molecular weight excluding hydrogens is 198 g/mol. The zero-order valence-electron chi connectivity index (χ0n) is 8.89. The molecule has 0 radical (unpaired) electrons. The maximum Gasteiger partial charge on any atom is 0.166 e. The van der Waals surface area contributed by atoms with Crippen LogP contribution in [0.4, 0.5) is 8.78 Å². The van der Waals surface area contributed by atoms with Crippen molar-refractivity contribution in [1.29, 1.82) is 0 Å². The molecule has 0 heterocycles. The van der Waals surface area contributed by atoms with Crippen LogP contribution in [-0.2, 0) is 0 Å². The van der Waals surface area contributed by atoms with Crippen LogP contribution >= 0.6 is 0 Å². The van der Waals surface area contributed by atoms with Crippen LogP contribution in [-0.4, -0.2) is 5.78 Å². The second kappa shape index (κ2) is 5.01. The van der Waals surface area contributed by atoms with E-state index in [0.29, 0.717) is 12.8 Å². The van der Waals surface area contributed by atoms with Crippen molar-refractivity contribution in [2.45, 2.75) is 26.7 Å². The van der Waals surface area contributed by atoms with Gasteiger partial charge >= 0.3 is 0 Å². The van der Waals surface area contributed by atoms with Gasteiger partial charge in [-0.2, -0.15) is 0 Å². The van der Waals surface area contributed by atoms with E-state index in [1.165, 1.54) is 6.07 Å². The van der Waals surface area contributed by atoms with Gasteiger partial charge < -0.3 is 0 Å². The lowest BCUT2D eigenvalue weighted by molar-refractivity contribution is 0.0913. The lowest BCUT2D eigenvalue weighted by Gasteiger charge is -2.10. The third kappa shape index (κ3) is 2.61. The Morgan fingerprint density at radius 1 is 1.20 bits per heavy atom. The Hall–Kier alpha value is -1.25. The molecule has 0 spiro atoms. The zero-order valence-corrected chi connectivity index (χ0v) is 8.89. The van der Waals surface area contributed by atoms with Crippen molar-refractivity contribution in [3.8, 4) is 0 Å². The van der Waals surface area contributed by atoms with Crippen LogP contribution in [0, 0.1) is 17.6 Å². The van der Waals surface area contributed by atoms with Crippen molar-refractivity contribution in [1.82, 2.24) is 0 Å². The third-order valence-electron chi connectivity index (χ3n) is 2.56. The lowest BCUT2D eigenvalue weighted by atomic mass is 9.93. The van der Waals surface area contributed by atoms with Gasteiger partial charge in [-0.25, -0.2) is 8.78 Å². The lowest BCUT2D eigenvalue weighted by Crippen LogP contribution is -2.13. The van der Waals surface area contributed by atoms with Crippen molar-refractivity contribution >= 4 is 5.78 Å². The molecule has 0 saturated heterocycles. The van der Waals surface area contributed by atoms with E-state index in [0.717, 1.165) is 12.1 Å². The normalized spacial score (nSPS) is 10.7. The molecule has 0 aromatic heterocycles. The number of benzene rings is 1. The van der Waals surface area contributed by atoms with Crippen molar-refractivity contribution in [2.24, 2.45) is 5.92 Å². The summed E-state index contributed by atoms with van der Waals surface area (Å²) in [6.07, 6.45) is 1.43. The zero-order chi connectivity index (χ0) is 11.4. The van der Waals surface area contributed by atoms with E-state index >= 15 is 0 Å². The van der Waals surface area contributed by atoms with Gasteiger partial charge in [0.05, 0.1) is 0 Å². The van der Waals surface area contributed by atoms with Gasteiger partial charge in [0.15, 0.2) is 17.4 Å². The standard InChI is InChI=1S/C12H14F2O/c1-3-8(4-2)12(15)9-5-6-10(13)11(14)7-9/h5-8H,3-4H2,1-2H3. The van der Waals surface area contributed by atoms with E-state index in [9.17, 15) is 13.6 Å². The van der Waals surface area contributed by atoms with Crippen LogP contribution in [0.1, 0.15) is 37.0 Å². The van der Waals surface area contributed by atoms with E-state index in [1.54, 1.807) is 0 Å². The molecule has 0 atom stereocenters. The third-order valence-corrected chi connectivity index (χ3v) is 2.56. The highest BCUT2D eigenvalue weighted by Crippen LogP contribution is 2.17. The molecule has 0 N–H and O–H groups in total. The quantitative estimate of drug-likeness (QED) is 0.697. The molecule has 0 fully saturated rings. The average Bonchev–Trinajstić information content (AvgIpc) is 2.23. The van der Waals surface area contributed by atoms with Crippen LogP contribution in [0.25, 0.3) is 0 Å². The summed E-state index contributed by atoms with van der Waals surface area (Å²) in [5.74, 6) is -2.10. The topological polar surface area (TPSA) is 17.1 Å². The van der Waals surface area contributed by atoms with Gasteiger partial charge in [0, 0.05) is 11.5 Å². The molecule has 1 rings (SSSR count). The molecule has 15 heavy (non-hydrogen) atoms. The van der Waals surface area contributed by atoms with Crippen LogP contribution in [0.15, 0.2) is 18.2 Å². The second-order valence-corrected chi connectivity index (χ2v) is 3.51. The molecule has 0 unspecified atom stereocenters. The Bertz CT molecular complexity index is 357. The van der Waals surface area contributed by atoms with Crippen molar-refractivity contribution < 1.29 is 13.6 Å². The van der Waals surface area contributed by atoms with Gasteiger partial charge in [0.2, 0.25) is 0 Å². The molecule has 82 valence electrons. The highest BCUT2D eigenvalue weighted by Gasteiger charge is 2.17. The number of rotatable bonds is 4. The molecule has 0 aliphatic rings. The monoisotopic (exact) mass is 212 g/mol. The molecule has 1 aromatic rings. The van der Waals surface area contributed by atoms with Gasteiger partial charge in [-0.1, -0.05) is 13.8 Å². The van der Waals surface area contributed by atoms with Crippen LogP contribution < -0.4 is 0 Å². The minimum absolute atomic E-state index is 0.102. The number of hydrogen-bond acceptors (Lipinski definition) is 1. The molecule has 3 heteroatoms. The summed E-state index contributed by atoms with van der Waals surface area (Å²) >= 11 is 0. The highest BCUT2D eigenvalue weighted by atomic mass is 19.2. The smallest absolute Gasteiger partial charge is 0.166 e. The molecule has 0 saturated carbocycles. The van der Waals surface area contributed by atoms with E-state index in [4.69, 9.17) is 0 Å². The molecule has 1 nitrogen and oxygen atoms in total. The van der Waals surface area contributed by atoms with Crippen LogP contribution in [0.2, 0.25) is 0 Å².